The SMILES string of the molecule is CCC(NC(=O)c1ccccc1OCCc1ccccc1)c1ccccc1. The molecule has 0 saturated carbocycles. The van der Waals surface area contributed by atoms with Gasteiger partial charge in [-0.05, 0) is 29.7 Å². The first-order valence-electron chi connectivity index (χ1n) is 9.39. The Hall–Kier alpha value is -3.07. The lowest BCUT2D eigenvalue weighted by Crippen LogP contribution is -2.28. The van der Waals surface area contributed by atoms with E-state index < -0.39 is 0 Å². The van der Waals surface area contributed by atoms with E-state index in [1.54, 1.807) is 0 Å². The molecule has 138 valence electrons. The van der Waals surface area contributed by atoms with Gasteiger partial charge in [-0.3, -0.25) is 4.79 Å². The lowest BCUT2D eigenvalue weighted by atomic mass is 10.0. The fourth-order valence-corrected chi connectivity index (χ4v) is 3.05. The van der Waals surface area contributed by atoms with Gasteiger partial charge in [-0.15, -0.1) is 0 Å². The second-order valence-corrected chi connectivity index (χ2v) is 6.43. The number of rotatable bonds is 8. The zero-order valence-electron chi connectivity index (χ0n) is 15.6. The Kier molecular flexibility index (Phi) is 6.64. The van der Waals surface area contributed by atoms with Gasteiger partial charge in [-0.2, -0.15) is 0 Å². The Morgan fingerprint density at radius 3 is 2.22 bits per heavy atom. The van der Waals surface area contributed by atoms with Gasteiger partial charge in [-0.1, -0.05) is 79.7 Å². The molecule has 0 aromatic heterocycles. The van der Waals surface area contributed by atoms with Crippen molar-refractivity contribution in [1.82, 2.24) is 5.32 Å². The van der Waals surface area contributed by atoms with Crippen molar-refractivity contribution in [3.05, 3.63) is 102 Å². The Labute approximate surface area is 161 Å². The Bertz CT molecular complexity index is 847. The van der Waals surface area contributed by atoms with Gasteiger partial charge >= 0.3 is 0 Å². The predicted molar refractivity (Wildman–Crippen MR) is 109 cm³/mol. The Morgan fingerprint density at radius 1 is 0.889 bits per heavy atom. The molecule has 1 amide bonds. The number of nitrogens with one attached hydrogen (secondary N) is 1. The molecule has 0 heterocycles. The molecule has 0 spiro atoms. The summed E-state index contributed by atoms with van der Waals surface area (Å²) in [6.07, 6.45) is 1.63. The number of hydrogen-bond acceptors (Lipinski definition) is 2. The van der Waals surface area contributed by atoms with Crippen LogP contribution in [0.2, 0.25) is 0 Å². The van der Waals surface area contributed by atoms with E-state index >= 15 is 0 Å². The second-order valence-electron chi connectivity index (χ2n) is 6.43. The smallest absolute Gasteiger partial charge is 0.255 e. The quantitative estimate of drug-likeness (QED) is 0.601. The third-order valence-corrected chi connectivity index (χ3v) is 4.54. The highest BCUT2D eigenvalue weighted by molar-refractivity contribution is 5.97. The van der Waals surface area contributed by atoms with Crippen LogP contribution in [0.25, 0.3) is 0 Å². The van der Waals surface area contributed by atoms with Gasteiger partial charge in [-0.25, -0.2) is 0 Å². The minimum atomic E-state index is -0.110. The lowest BCUT2D eigenvalue weighted by molar-refractivity contribution is 0.0931. The van der Waals surface area contributed by atoms with Crippen LogP contribution in [0.3, 0.4) is 0 Å². The van der Waals surface area contributed by atoms with E-state index in [0.29, 0.717) is 17.9 Å². The summed E-state index contributed by atoms with van der Waals surface area (Å²) in [6, 6.07) is 27.6. The average molecular weight is 359 g/mol. The molecule has 3 aromatic rings. The topological polar surface area (TPSA) is 38.3 Å². The molecule has 3 aromatic carbocycles. The van der Waals surface area contributed by atoms with Crippen LogP contribution in [0.1, 0.15) is 40.9 Å². The summed E-state index contributed by atoms with van der Waals surface area (Å²) < 4.78 is 5.92. The van der Waals surface area contributed by atoms with Crippen LogP contribution >= 0.6 is 0 Å². The van der Waals surface area contributed by atoms with Gasteiger partial charge in [0.15, 0.2) is 0 Å². The summed E-state index contributed by atoms with van der Waals surface area (Å²) >= 11 is 0. The van der Waals surface area contributed by atoms with Gasteiger partial charge in [0.05, 0.1) is 18.2 Å². The monoisotopic (exact) mass is 359 g/mol. The minimum Gasteiger partial charge on any atom is -0.492 e. The molecule has 1 N–H and O–H groups in total. The maximum atomic E-state index is 12.9. The number of carbonyl (C=O) groups excluding carboxylic acids is 1. The molecule has 3 nitrogen and oxygen atoms in total. The summed E-state index contributed by atoms with van der Waals surface area (Å²) in [6.45, 7) is 2.60. The highest BCUT2D eigenvalue weighted by atomic mass is 16.5. The van der Waals surface area contributed by atoms with Crippen LogP contribution in [0, 0.1) is 0 Å². The van der Waals surface area contributed by atoms with Crippen molar-refractivity contribution in [2.24, 2.45) is 0 Å². The number of carbonyl (C=O) groups is 1. The van der Waals surface area contributed by atoms with Crippen LogP contribution in [-0.2, 0) is 6.42 Å². The maximum absolute atomic E-state index is 12.9. The molecule has 27 heavy (non-hydrogen) atoms. The summed E-state index contributed by atoms with van der Waals surface area (Å²) in [4.78, 5) is 12.9. The van der Waals surface area contributed by atoms with Crippen molar-refractivity contribution < 1.29 is 9.53 Å². The largest absolute Gasteiger partial charge is 0.492 e. The summed E-state index contributed by atoms with van der Waals surface area (Å²) in [5.41, 5.74) is 2.89. The lowest BCUT2D eigenvalue weighted by Gasteiger charge is -2.19. The van der Waals surface area contributed by atoms with Gasteiger partial charge in [0.1, 0.15) is 5.75 Å². The number of benzene rings is 3. The first-order chi connectivity index (χ1) is 13.3. The molecule has 0 bridgehead atoms. The number of ether oxygens (including phenoxy) is 1. The summed E-state index contributed by atoms with van der Waals surface area (Å²) in [7, 11) is 0. The normalized spacial score (nSPS) is 11.6. The van der Waals surface area contributed by atoms with Gasteiger partial charge in [0.25, 0.3) is 5.91 Å². The fraction of sp³-hybridized carbons (Fsp3) is 0.208. The molecule has 1 atom stereocenters. The van der Waals surface area contributed by atoms with E-state index in [0.717, 1.165) is 18.4 Å². The molecule has 1 unspecified atom stereocenters. The van der Waals surface area contributed by atoms with E-state index in [9.17, 15) is 4.79 Å². The van der Waals surface area contributed by atoms with Crippen molar-refractivity contribution >= 4 is 5.91 Å². The van der Waals surface area contributed by atoms with E-state index in [1.165, 1.54) is 5.56 Å². The molecule has 3 rings (SSSR count). The first-order valence-corrected chi connectivity index (χ1v) is 9.39. The summed E-state index contributed by atoms with van der Waals surface area (Å²) in [5, 5.41) is 3.13. The third kappa shape index (κ3) is 5.20. The Morgan fingerprint density at radius 2 is 1.52 bits per heavy atom. The highest BCUT2D eigenvalue weighted by Gasteiger charge is 2.17. The molecule has 0 aliphatic rings. The average Bonchev–Trinajstić information content (AvgIpc) is 2.73. The van der Waals surface area contributed by atoms with E-state index in [1.807, 2.05) is 72.8 Å². The van der Waals surface area contributed by atoms with Crippen LogP contribution < -0.4 is 10.1 Å². The number of hydrogen-bond donors (Lipinski definition) is 1. The van der Waals surface area contributed by atoms with Crippen molar-refractivity contribution in [3.8, 4) is 5.75 Å². The van der Waals surface area contributed by atoms with Crippen molar-refractivity contribution in [1.29, 1.82) is 0 Å². The first kappa shape index (κ1) is 18.7. The van der Waals surface area contributed by atoms with Crippen molar-refractivity contribution in [3.63, 3.8) is 0 Å². The highest BCUT2D eigenvalue weighted by Crippen LogP contribution is 2.21. The number of para-hydroxylation sites is 1. The molecule has 0 aliphatic heterocycles. The van der Waals surface area contributed by atoms with Crippen LogP contribution in [0.5, 0.6) is 5.75 Å². The number of amides is 1. The van der Waals surface area contributed by atoms with E-state index in [-0.39, 0.29) is 11.9 Å². The minimum absolute atomic E-state index is 0.0175. The molecule has 3 heteroatoms. The van der Waals surface area contributed by atoms with Crippen LogP contribution in [-0.4, -0.2) is 12.5 Å². The standard InChI is InChI=1S/C24H25NO2/c1-2-22(20-13-7-4-8-14-20)25-24(26)21-15-9-10-16-23(21)27-18-17-19-11-5-3-6-12-19/h3-16,22H,2,17-18H2,1H3,(H,25,26). The maximum Gasteiger partial charge on any atom is 0.255 e. The van der Waals surface area contributed by atoms with Crippen molar-refractivity contribution in [2.45, 2.75) is 25.8 Å². The third-order valence-electron chi connectivity index (χ3n) is 4.54. The van der Waals surface area contributed by atoms with Gasteiger partial charge in [0, 0.05) is 6.42 Å². The van der Waals surface area contributed by atoms with Crippen molar-refractivity contribution in [2.75, 3.05) is 6.61 Å². The Balaban J connectivity index is 1.66. The molecule has 0 fully saturated rings. The molecule has 0 radical (unpaired) electrons. The zero-order chi connectivity index (χ0) is 18.9. The van der Waals surface area contributed by atoms with Crippen LogP contribution in [0.4, 0.5) is 0 Å². The second kappa shape index (κ2) is 9.58. The molecule has 0 saturated heterocycles. The molecular formula is C24H25NO2. The fourth-order valence-electron chi connectivity index (χ4n) is 3.05. The van der Waals surface area contributed by atoms with Gasteiger partial charge < -0.3 is 10.1 Å². The predicted octanol–water partition coefficient (Wildman–Crippen LogP) is 5.19. The van der Waals surface area contributed by atoms with Gasteiger partial charge in [0.2, 0.25) is 0 Å². The van der Waals surface area contributed by atoms with E-state index in [2.05, 4.69) is 24.4 Å². The summed E-state index contributed by atoms with van der Waals surface area (Å²) in [5.74, 6) is 0.509. The zero-order valence-corrected chi connectivity index (χ0v) is 15.6. The van der Waals surface area contributed by atoms with E-state index in [4.69, 9.17) is 4.74 Å². The molecular weight excluding hydrogens is 334 g/mol. The molecule has 0 aliphatic carbocycles. The van der Waals surface area contributed by atoms with Crippen LogP contribution in [0.15, 0.2) is 84.9 Å².